The van der Waals surface area contributed by atoms with Crippen LogP contribution in [0.15, 0.2) is 12.1 Å². The van der Waals surface area contributed by atoms with Crippen LogP contribution in [0.2, 0.25) is 5.02 Å². The van der Waals surface area contributed by atoms with Gasteiger partial charge < -0.3 is 14.6 Å². The Morgan fingerprint density at radius 3 is 2.56 bits per heavy atom. The van der Waals surface area contributed by atoms with Crippen molar-refractivity contribution < 1.29 is 19.4 Å². The molecule has 4 nitrogen and oxygen atoms in total. The molecule has 0 heterocycles. The van der Waals surface area contributed by atoms with Crippen molar-refractivity contribution in [2.24, 2.45) is 5.92 Å². The van der Waals surface area contributed by atoms with Crippen molar-refractivity contribution in [1.82, 2.24) is 0 Å². The number of ether oxygens (including phenoxy) is 2. The zero-order valence-electron chi connectivity index (χ0n) is 10.7. The first-order valence-corrected chi connectivity index (χ1v) is 6.16. The summed E-state index contributed by atoms with van der Waals surface area (Å²) in [6.07, 6.45) is 0. The Morgan fingerprint density at radius 1 is 1.39 bits per heavy atom. The molecule has 0 saturated carbocycles. The highest BCUT2D eigenvalue weighted by Gasteiger charge is 2.16. The fourth-order valence-corrected chi connectivity index (χ4v) is 1.61. The fourth-order valence-electron chi connectivity index (χ4n) is 1.34. The van der Waals surface area contributed by atoms with E-state index in [9.17, 15) is 4.79 Å². The monoisotopic (exact) mass is 272 g/mol. The molecule has 0 bridgehead atoms. The minimum atomic E-state index is -1.05. The highest BCUT2D eigenvalue weighted by Crippen LogP contribution is 2.37. The van der Waals surface area contributed by atoms with Crippen LogP contribution in [0.4, 0.5) is 0 Å². The number of hydrogen-bond acceptors (Lipinski definition) is 3. The number of carbonyl (C=O) groups is 1. The van der Waals surface area contributed by atoms with Gasteiger partial charge in [0.2, 0.25) is 0 Å². The van der Waals surface area contributed by atoms with Gasteiger partial charge in [0.15, 0.2) is 11.5 Å². The van der Waals surface area contributed by atoms with Crippen molar-refractivity contribution in [1.29, 1.82) is 0 Å². The molecule has 1 rings (SSSR count). The summed E-state index contributed by atoms with van der Waals surface area (Å²) < 4.78 is 10.9. The molecule has 0 spiro atoms. The van der Waals surface area contributed by atoms with E-state index in [0.29, 0.717) is 30.6 Å². The SMILES string of the molecule is CCOc1cc(C(=O)O)cc(Cl)c1OCC(C)C. The molecule has 1 aromatic rings. The lowest BCUT2D eigenvalue weighted by Crippen LogP contribution is -2.08. The van der Waals surface area contributed by atoms with Gasteiger partial charge in [-0.05, 0) is 25.0 Å². The molecule has 0 aliphatic carbocycles. The van der Waals surface area contributed by atoms with Crippen LogP contribution < -0.4 is 9.47 Å². The van der Waals surface area contributed by atoms with E-state index in [1.807, 2.05) is 20.8 Å². The number of rotatable bonds is 6. The smallest absolute Gasteiger partial charge is 0.335 e. The van der Waals surface area contributed by atoms with E-state index in [1.165, 1.54) is 12.1 Å². The molecule has 0 radical (unpaired) electrons. The molecule has 5 heteroatoms. The van der Waals surface area contributed by atoms with Gasteiger partial charge in [0, 0.05) is 0 Å². The lowest BCUT2D eigenvalue weighted by atomic mass is 10.2. The number of carboxylic acid groups (broad SMARTS) is 1. The summed E-state index contributed by atoms with van der Waals surface area (Å²) >= 11 is 6.03. The zero-order valence-corrected chi connectivity index (χ0v) is 11.5. The Labute approximate surface area is 111 Å². The lowest BCUT2D eigenvalue weighted by molar-refractivity contribution is 0.0696. The van der Waals surface area contributed by atoms with E-state index in [1.54, 1.807) is 0 Å². The predicted octanol–water partition coefficient (Wildman–Crippen LogP) is 3.47. The molecule has 0 atom stereocenters. The first-order valence-electron chi connectivity index (χ1n) is 5.78. The van der Waals surface area contributed by atoms with E-state index in [4.69, 9.17) is 26.2 Å². The van der Waals surface area contributed by atoms with Gasteiger partial charge in [-0.3, -0.25) is 0 Å². The van der Waals surface area contributed by atoms with Crippen LogP contribution in [0.1, 0.15) is 31.1 Å². The van der Waals surface area contributed by atoms with E-state index in [2.05, 4.69) is 0 Å². The zero-order chi connectivity index (χ0) is 13.7. The first kappa shape index (κ1) is 14.6. The van der Waals surface area contributed by atoms with Gasteiger partial charge in [0.05, 0.1) is 23.8 Å². The average molecular weight is 273 g/mol. The van der Waals surface area contributed by atoms with E-state index < -0.39 is 5.97 Å². The summed E-state index contributed by atoms with van der Waals surface area (Å²) in [4.78, 5) is 10.9. The molecule has 0 aliphatic heterocycles. The minimum absolute atomic E-state index is 0.0837. The van der Waals surface area contributed by atoms with Gasteiger partial charge >= 0.3 is 5.97 Å². The standard InChI is InChI=1S/C13H17ClO4/c1-4-17-11-6-9(13(15)16)5-10(14)12(11)18-7-8(2)3/h5-6,8H,4,7H2,1-3H3,(H,15,16). The molecule has 0 saturated heterocycles. The molecule has 18 heavy (non-hydrogen) atoms. The number of benzene rings is 1. The van der Waals surface area contributed by atoms with Gasteiger partial charge in [-0.1, -0.05) is 25.4 Å². The third kappa shape index (κ3) is 3.81. The first-order chi connectivity index (χ1) is 8.45. The maximum Gasteiger partial charge on any atom is 0.335 e. The van der Waals surface area contributed by atoms with Crippen LogP contribution in [0.3, 0.4) is 0 Å². The summed E-state index contributed by atoms with van der Waals surface area (Å²) in [6.45, 7) is 6.75. The highest BCUT2D eigenvalue weighted by atomic mass is 35.5. The Bertz CT molecular complexity index is 429. The van der Waals surface area contributed by atoms with Gasteiger partial charge in [0.1, 0.15) is 0 Å². The molecular weight excluding hydrogens is 256 g/mol. The topological polar surface area (TPSA) is 55.8 Å². The Hall–Kier alpha value is -1.42. The molecule has 100 valence electrons. The average Bonchev–Trinajstić information content (AvgIpc) is 2.27. The van der Waals surface area contributed by atoms with Gasteiger partial charge in [-0.2, -0.15) is 0 Å². The molecule has 0 aliphatic rings. The lowest BCUT2D eigenvalue weighted by Gasteiger charge is -2.15. The Morgan fingerprint density at radius 2 is 2.06 bits per heavy atom. The molecule has 1 N–H and O–H groups in total. The Kier molecular flexibility index (Phi) is 5.28. The summed E-state index contributed by atoms with van der Waals surface area (Å²) in [5.74, 6) is 0.0585. The second-order valence-corrected chi connectivity index (χ2v) is 4.64. The quantitative estimate of drug-likeness (QED) is 0.861. The van der Waals surface area contributed by atoms with Crippen LogP contribution in [-0.4, -0.2) is 24.3 Å². The molecule has 1 aromatic carbocycles. The molecule has 0 aromatic heterocycles. The molecule has 0 fully saturated rings. The minimum Gasteiger partial charge on any atom is -0.490 e. The third-order valence-corrected chi connectivity index (χ3v) is 2.40. The maximum absolute atomic E-state index is 10.9. The van der Waals surface area contributed by atoms with E-state index in [0.717, 1.165) is 0 Å². The van der Waals surface area contributed by atoms with Crippen LogP contribution in [0, 0.1) is 5.92 Å². The summed E-state index contributed by atoms with van der Waals surface area (Å²) in [7, 11) is 0. The summed E-state index contributed by atoms with van der Waals surface area (Å²) in [6, 6.07) is 2.79. The number of hydrogen-bond donors (Lipinski definition) is 1. The number of halogens is 1. The largest absolute Gasteiger partial charge is 0.490 e. The summed E-state index contributed by atoms with van der Waals surface area (Å²) in [5.41, 5.74) is 0.0837. The van der Waals surface area contributed by atoms with Crippen LogP contribution in [-0.2, 0) is 0 Å². The van der Waals surface area contributed by atoms with Crippen molar-refractivity contribution in [2.45, 2.75) is 20.8 Å². The van der Waals surface area contributed by atoms with Gasteiger partial charge in [-0.15, -0.1) is 0 Å². The van der Waals surface area contributed by atoms with Crippen LogP contribution in [0.5, 0.6) is 11.5 Å². The maximum atomic E-state index is 10.9. The van der Waals surface area contributed by atoms with E-state index >= 15 is 0 Å². The number of carboxylic acids is 1. The number of aromatic carboxylic acids is 1. The normalized spacial score (nSPS) is 10.5. The second-order valence-electron chi connectivity index (χ2n) is 4.23. The summed E-state index contributed by atoms with van der Waals surface area (Å²) in [5, 5.41) is 9.21. The van der Waals surface area contributed by atoms with Crippen molar-refractivity contribution >= 4 is 17.6 Å². The van der Waals surface area contributed by atoms with Crippen LogP contribution in [0.25, 0.3) is 0 Å². The van der Waals surface area contributed by atoms with Gasteiger partial charge in [0.25, 0.3) is 0 Å². The third-order valence-electron chi connectivity index (χ3n) is 2.12. The van der Waals surface area contributed by atoms with Crippen molar-refractivity contribution in [3.63, 3.8) is 0 Å². The van der Waals surface area contributed by atoms with Crippen LogP contribution >= 0.6 is 11.6 Å². The molecule has 0 amide bonds. The van der Waals surface area contributed by atoms with Crippen molar-refractivity contribution in [3.05, 3.63) is 22.7 Å². The second kappa shape index (κ2) is 6.50. The Balaban J connectivity index is 3.09. The molecular formula is C13H17ClO4. The highest BCUT2D eigenvalue weighted by molar-refractivity contribution is 6.32. The van der Waals surface area contributed by atoms with Crippen molar-refractivity contribution in [2.75, 3.05) is 13.2 Å². The molecule has 0 unspecified atom stereocenters. The van der Waals surface area contributed by atoms with Crippen molar-refractivity contribution in [3.8, 4) is 11.5 Å². The fraction of sp³-hybridized carbons (Fsp3) is 0.462. The predicted molar refractivity (Wildman–Crippen MR) is 69.9 cm³/mol. The van der Waals surface area contributed by atoms with Gasteiger partial charge in [-0.25, -0.2) is 4.79 Å². The van der Waals surface area contributed by atoms with E-state index in [-0.39, 0.29) is 10.6 Å².